The van der Waals surface area contributed by atoms with E-state index in [1.807, 2.05) is 6.08 Å². The Balaban J connectivity index is 2.54. The predicted octanol–water partition coefficient (Wildman–Crippen LogP) is 2.67. The van der Waals surface area contributed by atoms with E-state index in [1.54, 1.807) is 0 Å². The maximum absolute atomic E-state index is 10.8. The number of rotatable bonds is 1. The molecule has 0 saturated heterocycles. The highest BCUT2D eigenvalue weighted by Crippen LogP contribution is 2.59. The van der Waals surface area contributed by atoms with Gasteiger partial charge in [-0.15, -0.1) is 0 Å². The molecule has 17 heavy (non-hydrogen) atoms. The highest BCUT2D eigenvalue weighted by molar-refractivity contribution is 5.37. The second-order valence-electron chi connectivity index (χ2n) is 6.64. The fourth-order valence-corrected chi connectivity index (χ4v) is 4.02. The van der Waals surface area contributed by atoms with Crippen molar-refractivity contribution in [3.63, 3.8) is 0 Å². The second kappa shape index (κ2) is 3.69. The first-order chi connectivity index (χ1) is 7.78. The van der Waals surface area contributed by atoms with E-state index in [9.17, 15) is 10.2 Å². The lowest BCUT2D eigenvalue weighted by Crippen LogP contribution is -2.60. The third-order valence-electron chi connectivity index (χ3n) is 5.24. The zero-order valence-corrected chi connectivity index (χ0v) is 11.2. The van der Waals surface area contributed by atoms with Gasteiger partial charge in [0.15, 0.2) is 0 Å². The van der Waals surface area contributed by atoms with Crippen molar-refractivity contribution in [2.45, 2.75) is 45.6 Å². The molecule has 0 radical (unpaired) electrons. The van der Waals surface area contributed by atoms with Gasteiger partial charge in [0, 0.05) is 5.41 Å². The van der Waals surface area contributed by atoms with Crippen molar-refractivity contribution in [1.29, 1.82) is 0 Å². The minimum Gasteiger partial charge on any atom is -0.393 e. The van der Waals surface area contributed by atoms with Crippen LogP contribution in [0.2, 0.25) is 0 Å². The molecular formula is C15H24O2. The Morgan fingerprint density at radius 1 is 1.35 bits per heavy atom. The molecule has 2 aliphatic rings. The fourth-order valence-electron chi connectivity index (χ4n) is 4.02. The average Bonchev–Trinajstić information content (AvgIpc) is 2.24. The van der Waals surface area contributed by atoms with Gasteiger partial charge in [-0.3, -0.25) is 0 Å². The highest BCUT2D eigenvalue weighted by Gasteiger charge is 2.58. The standard InChI is InChI=1S/C15H24O2/c1-11-6-7-12-13(2,3)8-5-9-14(12,4)15(11,17)10-16/h6-7,12,16-17H,1,5,8-10H2,2-4H3/t12-,14-,15+/m0/s1. The molecule has 2 heteroatoms. The Hall–Kier alpha value is -0.600. The normalized spacial score (nSPS) is 44.5. The van der Waals surface area contributed by atoms with Crippen LogP contribution in [0, 0.1) is 16.7 Å². The summed E-state index contributed by atoms with van der Waals surface area (Å²) in [7, 11) is 0. The van der Waals surface area contributed by atoms with Crippen molar-refractivity contribution in [2.75, 3.05) is 6.61 Å². The summed E-state index contributed by atoms with van der Waals surface area (Å²) in [6.07, 6.45) is 7.30. The van der Waals surface area contributed by atoms with Crippen LogP contribution in [-0.4, -0.2) is 22.4 Å². The summed E-state index contributed by atoms with van der Waals surface area (Å²) < 4.78 is 0. The minimum atomic E-state index is -1.16. The van der Waals surface area contributed by atoms with Gasteiger partial charge >= 0.3 is 0 Å². The van der Waals surface area contributed by atoms with Gasteiger partial charge in [-0.05, 0) is 29.7 Å². The fraction of sp³-hybridized carbons (Fsp3) is 0.733. The van der Waals surface area contributed by atoms with Crippen molar-refractivity contribution in [3.8, 4) is 0 Å². The molecule has 0 aromatic carbocycles. The van der Waals surface area contributed by atoms with Crippen LogP contribution in [0.25, 0.3) is 0 Å². The van der Waals surface area contributed by atoms with Gasteiger partial charge in [0.2, 0.25) is 0 Å². The van der Waals surface area contributed by atoms with Crippen molar-refractivity contribution in [2.24, 2.45) is 16.7 Å². The van der Waals surface area contributed by atoms with Crippen LogP contribution in [0.1, 0.15) is 40.0 Å². The van der Waals surface area contributed by atoms with Gasteiger partial charge in [-0.2, -0.15) is 0 Å². The first-order valence-electron chi connectivity index (χ1n) is 6.49. The third kappa shape index (κ3) is 1.54. The number of aliphatic hydroxyl groups excluding tert-OH is 1. The lowest BCUT2D eigenvalue weighted by molar-refractivity contribution is -0.142. The molecule has 2 aliphatic carbocycles. The molecule has 0 aromatic rings. The second-order valence-corrected chi connectivity index (χ2v) is 6.64. The van der Waals surface area contributed by atoms with Crippen molar-refractivity contribution >= 4 is 0 Å². The minimum absolute atomic E-state index is 0.174. The Labute approximate surface area is 104 Å². The maximum Gasteiger partial charge on any atom is 0.118 e. The molecule has 3 atom stereocenters. The molecule has 0 heterocycles. The maximum atomic E-state index is 10.8. The summed E-state index contributed by atoms with van der Waals surface area (Å²) in [6.45, 7) is 10.3. The molecule has 1 saturated carbocycles. The number of hydrogen-bond acceptors (Lipinski definition) is 2. The molecule has 0 bridgehead atoms. The van der Waals surface area contributed by atoms with E-state index in [0.717, 1.165) is 12.8 Å². The van der Waals surface area contributed by atoms with E-state index in [-0.39, 0.29) is 17.4 Å². The van der Waals surface area contributed by atoms with E-state index >= 15 is 0 Å². The zero-order chi connectivity index (χ0) is 12.9. The summed E-state index contributed by atoms with van der Waals surface area (Å²) in [5, 5.41) is 20.5. The Morgan fingerprint density at radius 3 is 2.59 bits per heavy atom. The molecule has 0 amide bonds. The van der Waals surface area contributed by atoms with E-state index in [4.69, 9.17) is 0 Å². The van der Waals surface area contributed by atoms with Gasteiger partial charge in [0.1, 0.15) is 5.60 Å². The monoisotopic (exact) mass is 236 g/mol. The van der Waals surface area contributed by atoms with Crippen LogP contribution >= 0.6 is 0 Å². The lowest BCUT2D eigenvalue weighted by atomic mass is 9.48. The van der Waals surface area contributed by atoms with Crippen molar-refractivity contribution in [3.05, 3.63) is 24.3 Å². The summed E-state index contributed by atoms with van der Waals surface area (Å²) in [4.78, 5) is 0. The quantitative estimate of drug-likeness (QED) is 0.735. The largest absolute Gasteiger partial charge is 0.393 e. The van der Waals surface area contributed by atoms with Crippen molar-refractivity contribution in [1.82, 2.24) is 0 Å². The molecule has 0 spiro atoms. The molecule has 0 aromatic heterocycles. The molecule has 1 fully saturated rings. The average molecular weight is 236 g/mol. The van der Waals surface area contributed by atoms with E-state index in [0.29, 0.717) is 11.5 Å². The Morgan fingerprint density at radius 2 is 2.00 bits per heavy atom. The highest BCUT2D eigenvalue weighted by atomic mass is 16.3. The van der Waals surface area contributed by atoms with E-state index < -0.39 is 5.60 Å². The number of aliphatic hydroxyl groups is 2. The summed E-state index contributed by atoms with van der Waals surface area (Å²) >= 11 is 0. The Bertz CT molecular complexity index is 369. The number of hydrogen-bond donors (Lipinski definition) is 2. The number of fused-ring (bicyclic) bond motifs is 1. The predicted molar refractivity (Wildman–Crippen MR) is 69.5 cm³/mol. The molecule has 2 N–H and O–H groups in total. The van der Waals surface area contributed by atoms with Crippen LogP contribution in [0.4, 0.5) is 0 Å². The van der Waals surface area contributed by atoms with E-state index in [1.165, 1.54) is 6.42 Å². The van der Waals surface area contributed by atoms with Crippen LogP contribution in [0.3, 0.4) is 0 Å². The third-order valence-corrected chi connectivity index (χ3v) is 5.24. The van der Waals surface area contributed by atoms with Crippen LogP contribution in [0.15, 0.2) is 24.3 Å². The first kappa shape index (κ1) is 12.8. The van der Waals surface area contributed by atoms with Gasteiger partial charge in [-0.1, -0.05) is 45.9 Å². The van der Waals surface area contributed by atoms with Crippen LogP contribution in [-0.2, 0) is 0 Å². The van der Waals surface area contributed by atoms with E-state index in [2.05, 4.69) is 33.4 Å². The molecule has 96 valence electrons. The zero-order valence-electron chi connectivity index (χ0n) is 11.2. The van der Waals surface area contributed by atoms with Crippen molar-refractivity contribution < 1.29 is 10.2 Å². The van der Waals surface area contributed by atoms with Crippen LogP contribution < -0.4 is 0 Å². The molecule has 0 aliphatic heterocycles. The van der Waals surface area contributed by atoms with Gasteiger partial charge in [-0.25, -0.2) is 0 Å². The Kier molecular flexibility index (Phi) is 2.79. The number of allylic oxidation sites excluding steroid dienone is 1. The van der Waals surface area contributed by atoms with Gasteiger partial charge in [0.05, 0.1) is 6.61 Å². The van der Waals surface area contributed by atoms with Gasteiger partial charge < -0.3 is 10.2 Å². The molecule has 2 rings (SSSR count). The summed E-state index contributed by atoms with van der Waals surface area (Å²) in [6, 6.07) is 0. The summed E-state index contributed by atoms with van der Waals surface area (Å²) in [5.74, 6) is 0.298. The molecule has 2 nitrogen and oxygen atoms in total. The molecular weight excluding hydrogens is 212 g/mol. The van der Waals surface area contributed by atoms with Crippen LogP contribution in [0.5, 0.6) is 0 Å². The first-order valence-corrected chi connectivity index (χ1v) is 6.49. The molecule has 0 unspecified atom stereocenters. The lowest BCUT2D eigenvalue weighted by Gasteiger charge is -2.58. The SMILES string of the molecule is C=C1C=C[C@H]2C(C)(C)CCC[C@]2(C)[C@@]1(O)CO. The topological polar surface area (TPSA) is 40.5 Å². The smallest absolute Gasteiger partial charge is 0.118 e. The summed E-state index contributed by atoms with van der Waals surface area (Å²) in [5.41, 5.74) is -0.635. The van der Waals surface area contributed by atoms with Gasteiger partial charge in [0.25, 0.3) is 0 Å².